The highest BCUT2D eigenvalue weighted by molar-refractivity contribution is 7.62. The van der Waals surface area contributed by atoms with Crippen molar-refractivity contribution in [1.29, 1.82) is 0 Å². The standard InChI is InChI=1S/C16H16ClO3P/c1-3-19-21(18,16-11-9-15(17)10-12-16)20-13(2)14-7-5-4-6-8-14/h4-12H,2-3H2,1H3. The van der Waals surface area contributed by atoms with Crippen molar-refractivity contribution < 1.29 is 13.6 Å². The number of benzene rings is 2. The number of rotatable bonds is 6. The molecule has 0 radical (unpaired) electrons. The predicted molar refractivity (Wildman–Crippen MR) is 86.9 cm³/mol. The topological polar surface area (TPSA) is 35.5 Å². The van der Waals surface area contributed by atoms with Crippen molar-refractivity contribution in [1.82, 2.24) is 0 Å². The molecule has 2 aromatic rings. The SMILES string of the molecule is C=C(OP(=O)(OCC)c1ccc(Cl)cc1)c1ccccc1. The van der Waals surface area contributed by atoms with Gasteiger partial charge in [-0.05, 0) is 31.2 Å². The highest BCUT2D eigenvalue weighted by Crippen LogP contribution is 2.50. The molecule has 5 heteroatoms. The first-order valence-corrected chi connectivity index (χ1v) is 8.42. The smallest absolute Gasteiger partial charge is 0.410 e. The van der Waals surface area contributed by atoms with E-state index in [-0.39, 0.29) is 6.61 Å². The first-order chi connectivity index (χ1) is 10.0. The lowest BCUT2D eigenvalue weighted by molar-refractivity contribution is 0.280. The molecule has 0 heterocycles. The molecule has 0 bridgehead atoms. The van der Waals surface area contributed by atoms with E-state index < -0.39 is 7.60 Å². The molecule has 0 aliphatic rings. The minimum atomic E-state index is -3.47. The minimum absolute atomic E-state index is 0.266. The maximum Gasteiger partial charge on any atom is 0.410 e. The quantitative estimate of drug-likeness (QED) is 0.561. The van der Waals surface area contributed by atoms with E-state index in [0.29, 0.717) is 16.1 Å². The van der Waals surface area contributed by atoms with Gasteiger partial charge in [-0.1, -0.05) is 48.5 Å². The van der Waals surface area contributed by atoms with E-state index in [0.717, 1.165) is 5.56 Å². The zero-order chi connectivity index (χ0) is 15.3. The Labute approximate surface area is 129 Å². The average Bonchev–Trinajstić information content (AvgIpc) is 2.49. The summed E-state index contributed by atoms with van der Waals surface area (Å²) < 4.78 is 23.9. The summed E-state index contributed by atoms with van der Waals surface area (Å²) in [5.41, 5.74) is 0.756. The second kappa shape index (κ2) is 6.95. The number of hydrogen-bond acceptors (Lipinski definition) is 3. The van der Waals surface area contributed by atoms with E-state index >= 15 is 0 Å². The summed E-state index contributed by atoms with van der Waals surface area (Å²) in [6, 6.07) is 15.8. The summed E-state index contributed by atoms with van der Waals surface area (Å²) in [7, 11) is -3.47. The molecular formula is C16H16ClO3P. The fraction of sp³-hybridized carbons (Fsp3) is 0.125. The monoisotopic (exact) mass is 322 g/mol. The Kier molecular flexibility index (Phi) is 5.24. The molecule has 0 amide bonds. The summed E-state index contributed by atoms with van der Waals surface area (Å²) >= 11 is 5.85. The Bertz CT molecular complexity index is 653. The van der Waals surface area contributed by atoms with Gasteiger partial charge in [-0.2, -0.15) is 0 Å². The van der Waals surface area contributed by atoms with Gasteiger partial charge in [0.1, 0.15) is 5.76 Å². The van der Waals surface area contributed by atoms with Gasteiger partial charge >= 0.3 is 7.60 Å². The molecule has 0 saturated heterocycles. The molecule has 0 saturated carbocycles. The summed E-state index contributed by atoms with van der Waals surface area (Å²) in [5, 5.41) is 1.01. The van der Waals surface area contributed by atoms with Crippen LogP contribution in [0, 0.1) is 0 Å². The van der Waals surface area contributed by atoms with Gasteiger partial charge in [0, 0.05) is 10.6 Å². The van der Waals surface area contributed by atoms with Crippen molar-refractivity contribution in [3.63, 3.8) is 0 Å². The van der Waals surface area contributed by atoms with Crippen LogP contribution in [0.1, 0.15) is 12.5 Å². The van der Waals surface area contributed by atoms with Crippen molar-refractivity contribution in [3.05, 3.63) is 71.8 Å². The van der Waals surface area contributed by atoms with Crippen molar-refractivity contribution in [3.8, 4) is 0 Å². The van der Waals surface area contributed by atoms with Crippen LogP contribution in [0.4, 0.5) is 0 Å². The largest absolute Gasteiger partial charge is 0.421 e. The highest BCUT2D eigenvalue weighted by Gasteiger charge is 2.29. The van der Waals surface area contributed by atoms with Gasteiger partial charge in [0.15, 0.2) is 0 Å². The first-order valence-electron chi connectivity index (χ1n) is 6.50. The van der Waals surface area contributed by atoms with Crippen LogP contribution in [-0.4, -0.2) is 6.61 Å². The molecule has 0 aliphatic carbocycles. The molecule has 0 N–H and O–H groups in total. The first kappa shape index (κ1) is 15.8. The van der Waals surface area contributed by atoms with Crippen LogP contribution < -0.4 is 5.30 Å². The Morgan fingerprint density at radius 3 is 2.33 bits per heavy atom. The molecule has 0 fully saturated rings. The summed E-state index contributed by atoms with van der Waals surface area (Å²) in [4.78, 5) is 0. The maximum absolute atomic E-state index is 13.0. The van der Waals surface area contributed by atoms with E-state index in [2.05, 4.69) is 6.58 Å². The molecule has 2 aromatic carbocycles. The van der Waals surface area contributed by atoms with Crippen molar-refractivity contribution in [2.75, 3.05) is 6.61 Å². The van der Waals surface area contributed by atoms with Crippen molar-refractivity contribution in [2.24, 2.45) is 0 Å². The van der Waals surface area contributed by atoms with Gasteiger partial charge in [-0.25, -0.2) is 4.57 Å². The fourth-order valence-electron chi connectivity index (χ4n) is 1.77. The van der Waals surface area contributed by atoms with Gasteiger partial charge in [0.05, 0.1) is 11.9 Å². The lowest BCUT2D eigenvalue weighted by Crippen LogP contribution is -2.09. The van der Waals surface area contributed by atoms with E-state index in [9.17, 15) is 4.57 Å². The van der Waals surface area contributed by atoms with Crippen LogP contribution in [0.2, 0.25) is 5.02 Å². The summed E-state index contributed by atoms with van der Waals surface area (Å²) in [6.45, 7) is 5.86. The van der Waals surface area contributed by atoms with Crippen LogP contribution >= 0.6 is 19.2 Å². The molecule has 110 valence electrons. The number of hydrogen-bond donors (Lipinski definition) is 0. The lowest BCUT2D eigenvalue weighted by atomic mass is 10.2. The highest BCUT2D eigenvalue weighted by atomic mass is 35.5. The van der Waals surface area contributed by atoms with E-state index in [1.54, 1.807) is 31.2 Å². The zero-order valence-electron chi connectivity index (χ0n) is 11.7. The Morgan fingerprint density at radius 2 is 1.76 bits per heavy atom. The predicted octanol–water partition coefficient (Wildman–Crippen LogP) is 4.88. The Hall–Kier alpha value is -1.54. The van der Waals surface area contributed by atoms with Gasteiger partial charge in [0.25, 0.3) is 0 Å². The van der Waals surface area contributed by atoms with E-state index in [4.69, 9.17) is 20.6 Å². The third-order valence-corrected chi connectivity index (χ3v) is 5.01. The van der Waals surface area contributed by atoms with Crippen LogP contribution in [0.15, 0.2) is 61.2 Å². The maximum atomic E-state index is 13.0. The van der Waals surface area contributed by atoms with Gasteiger partial charge in [-0.3, -0.25) is 4.52 Å². The summed E-state index contributed by atoms with van der Waals surface area (Å²) in [5.74, 6) is 0.308. The molecule has 0 aromatic heterocycles. The molecule has 21 heavy (non-hydrogen) atoms. The molecular weight excluding hydrogens is 307 g/mol. The Morgan fingerprint density at radius 1 is 1.14 bits per heavy atom. The summed E-state index contributed by atoms with van der Waals surface area (Å²) in [6.07, 6.45) is 0. The van der Waals surface area contributed by atoms with Crippen LogP contribution in [-0.2, 0) is 13.6 Å². The lowest BCUT2D eigenvalue weighted by Gasteiger charge is -2.20. The second-order valence-corrected chi connectivity index (χ2v) is 6.66. The fourth-order valence-corrected chi connectivity index (χ4v) is 3.45. The normalized spacial score (nSPS) is 13.4. The average molecular weight is 323 g/mol. The molecule has 1 atom stereocenters. The van der Waals surface area contributed by atoms with E-state index in [1.807, 2.05) is 30.3 Å². The second-order valence-electron chi connectivity index (χ2n) is 4.27. The number of halogens is 1. The zero-order valence-corrected chi connectivity index (χ0v) is 13.3. The van der Waals surface area contributed by atoms with Crippen LogP contribution in [0.3, 0.4) is 0 Å². The van der Waals surface area contributed by atoms with Crippen LogP contribution in [0.5, 0.6) is 0 Å². The molecule has 2 rings (SSSR count). The molecule has 0 aliphatic heterocycles. The molecule has 3 nitrogen and oxygen atoms in total. The third-order valence-electron chi connectivity index (χ3n) is 2.77. The van der Waals surface area contributed by atoms with Crippen molar-refractivity contribution in [2.45, 2.75) is 6.92 Å². The van der Waals surface area contributed by atoms with E-state index in [1.165, 1.54) is 0 Å². The van der Waals surface area contributed by atoms with Crippen LogP contribution in [0.25, 0.3) is 5.76 Å². The van der Waals surface area contributed by atoms with Gasteiger partial charge < -0.3 is 4.52 Å². The van der Waals surface area contributed by atoms with Crippen molar-refractivity contribution >= 4 is 30.3 Å². The Balaban J connectivity index is 2.28. The van der Waals surface area contributed by atoms with Gasteiger partial charge in [-0.15, -0.1) is 0 Å². The molecule has 0 spiro atoms. The van der Waals surface area contributed by atoms with Gasteiger partial charge in [0.2, 0.25) is 0 Å². The third kappa shape index (κ3) is 3.98. The molecule has 1 unspecified atom stereocenters. The minimum Gasteiger partial charge on any atom is -0.421 e.